The van der Waals surface area contributed by atoms with E-state index >= 15 is 0 Å². The number of unbranched alkanes of at least 4 members (excludes halogenated alkanes) is 23. The van der Waals surface area contributed by atoms with Gasteiger partial charge in [0.15, 0.2) is 0 Å². The van der Waals surface area contributed by atoms with E-state index in [0.717, 1.165) is 19.4 Å². The zero-order chi connectivity index (χ0) is 27.6. The van der Waals surface area contributed by atoms with Crippen LogP contribution < -0.4 is 5.32 Å². The van der Waals surface area contributed by atoms with E-state index in [-0.39, 0.29) is 5.91 Å². The van der Waals surface area contributed by atoms with Crippen LogP contribution in [0.1, 0.15) is 194 Å². The quantitative estimate of drug-likeness (QED) is 0.0699. The Morgan fingerprint density at radius 3 is 1.13 bits per heavy atom. The predicted molar refractivity (Wildman–Crippen MR) is 172 cm³/mol. The fourth-order valence-electron chi connectivity index (χ4n) is 5.05. The first-order valence-electron chi connectivity index (χ1n) is 17.4. The number of nitrogens with one attached hydrogen (secondary N) is 1. The van der Waals surface area contributed by atoms with E-state index in [2.05, 4.69) is 43.5 Å². The molecule has 0 bridgehead atoms. The minimum absolute atomic E-state index is 0.260. The minimum Gasteiger partial charge on any atom is -0.356 e. The molecule has 0 aliphatic heterocycles. The van der Waals surface area contributed by atoms with Crippen molar-refractivity contribution in [2.24, 2.45) is 0 Å². The third-order valence-corrected chi connectivity index (χ3v) is 7.68. The van der Waals surface area contributed by atoms with Gasteiger partial charge in [-0.05, 0) is 64.2 Å². The molecule has 2 heteroatoms. The molecule has 1 N–H and O–H groups in total. The summed E-state index contributed by atoms with van der Waals surface area (Å²) in [5, 5.41) is 3.12. The number of hydrogen-bond acceptors (Lipinski definition) is 1. The van der Waals surface area contributed by atoms with Crippen LogP contribution in [0.5, 0.6) is 0 Å². The first-order chi connectivity index (χ1) is 18.8. The Labute approximate surface area is 240 Å². The lowest BCUT2D eigenvalue weighted by atomic mass is 10.1. The number of amides is 1. The maximum Gasteiger partial charge on any atom is 0.219 e. The number of carbonyl (C=O) groups is 1. The molecule has 0 saturated carbocycles. The molecule has 0 fully saturated rings. The molecule has 0 unspecified atom stereocenters. The average molecular weight is 532 g/mol. The second-order valence-electron chi connectivity index (χ2n) is 11.6. The maximum atomic E-state index is 12.0. The highest BCUT2D eigenvalue weighted by Crippen LogP contribution is 2.11. The first-order valence-corrected chi connectivity index (χ1v) is 17.4. The van der Waals surface area contributed by atoms with Crippen LogP contribution in [0.3, 0.4) is 0 Å². The Hall–Kier alpha value is -1.05. The fraction of sp³-hybridized carbons (Fsp3) is 0.861. The van der Waals surface area contributed by atoms with E-state index in [0.29, 0.717) is 6.42 Å². The molecular weight excluding hydrogens is 462 g/mol. The van der Waals surface area contributed by atoms with Gasteiger partial charge in [0.1, 0.15) is 0 Å². The highest BCUT2D eigenvalue weighted by atomic mass is 16.1. The zero-order valence-corrected chi connectivity index (χ0v) is 26.2. The van der Waals surface area contributed by atoms with Crippen LogP contribution in [0, 0.1) is 0 Å². The summed E-state index contributed by atoms with van der Waals surface area (Å²) in [5.41, 5.74) is 0. The van der Waals surface area contributed by atoms with E-state index in [1.807, 2.05) is 0 Å². The maximum absolute atomic E-state index is 12.0. The van der Waals surface area contributed by atoms with Crippen molar-refractivity contribution >= 4 is 5.91 Å². The van der Waals surface area contributed by atoms with Crippen LogP contribution in [-0.4, -0.2) is 12.5 Å². The summed E-state index contributed by atoms with van der Waals surface area (Å²) in [5.74, 6) is 0.260. The van der Waals surface area contributed by atoms with Crippen LogP contribution in [0.25, 0.3) is 0 Å². The molecule has 0 radical (unpaired) electrons. The van der Waals surface area contributed by atoms with Gasteiger partial charge in [0, 0.05) is 13.0 Å². The highest BCUT2D eigenvalue weighted by molar-refractivity contribution is 5.75. The van der Waals surface area contributed by atoms with Crippen molar-refractivity contribution in [2.45, 2.75) is 194 Å². The van der Waals surface area contributed by atoms with E-state index in [1.165, 1.54) is 161 Å². The lowest BCUT2D eigenvalue weighted by molar-refractivity contribution is -0.121. The van der Waals surface area contributed by atoms with Crippen molar-refractivity contribution < 1.29 is 4.79 Å². The molecule has 0 aliphatic rings. The van der Waals surface area contributed by atoms with E-state index in [9.17, 15) is 4.79 Å². The molecule has 0 spiro atoms. The van der Waals surface area contributed by atoms with Gasteiger partial charge in [-0.2, -0.15) is 0 Å². The van der Waals surface area contributed by atoms with Crippen molar-refractivity contribution in [3.8, 4) is 0 Å². The van der Waals surface area contributed by atoms with Crippen molar-refractivity contribution in [2.75, 3.05) is 6.54 Å². The van der Waals surface area contributed by atoms with Gasteiger partial charge in [-0.25, -0.2) is 0 Å². The van der Waals surface area contributed by atoms with Gasteiger partial charge < -0.3 is 5.32 Å². The van der Waals surface area contributed by atoms with Gasteiger partial charge in [0.2, 0.25) is 5.91 Å². The Bertz CT molecular complexity index is 509. The van der Waals surface area contributed by atoms with Crippen molar-refractivity contribution in [3.63, 3.8) is 0 Å². The van der Waals surface area contributed by atoms with Gasteiger partial charge in [-0.3, -0.25) is 4.79 Å². The lowest BCUT2D eigenvalue weighted by Crippen LogP contribution is -2.23. The van der Waals surface area contributed by atoms with Crippen molar-refractivity contribution in [1.29, 1.82) is 0 Å². The predicted octanol–water partition coefficient (Wildman–Crippen LogP) is 12.2. The van der Waals surface area contributed by atoms with Crippen LogP contribution in [-0.2, 0) is 4.79 Å². The number of allylic oxidation sites excluding steroid dienone is 4. The molecule has 0 aromatic heterocycles. The molecule has 0 aromatic rings. The fourth-order valence-corrected chi connectivity index (χ4v) is 5.05. The molecule has 0 aliphatic carbocycles. The molecule has 0 atom stereocenters. The van der Waals surface area contributed by atoms with Gasteiger partial charge in [0.05, 0.1) is 0 Å². The summed E-state index contributed by atoms with van der Waals surface area (Å²) in [6.45, 7) is 5.43. The second-order valence-corrected chi connectivity index (χ2v) is 11.6. The Balaban J connectivity index is 3.23. The normalized spacial score (nSPS) is 11.7. The molecule has 38 heavy (non-hydrogen) atoms. The number of hydrogen-bond donors (Lipinski definition) is 1. The third kappa shape index (κ3) is 33.0. The Kier molecular flexibility index (Phi) is 33.0. The molecule has 0 aromatic carbocycles. The zero-order valence-electron chi connectivity index (χ0n) is 26.2. The van der Waals surface area contributed by atoms with Crippen molar-refractivity contribution in [3.05, 3.63) is 24.3 Å². The largest absolute Gasteiger partial charge is 0.356 e. The van der Waals surface area contributed by atoms with E-state index in [1.54, 1.807) is 0 Å². The highest BCUT2D eigenvalue weighted by Gasteiger charge is 2.00. The topological polar surface area (TPSA) is 29.1 Å². The van der Waals surface area contributed by atoms with E-state index in [4.69, 9.17) is 0 Å². The molecule has 0 saturated heterocycles. The molecule has 0 heterocycles. The van der Waals surface area contributed by atoms with Crippen LogP contribution in [0.4, 0.5) is 0 Å². The van der Waals surface area contributed by atoms with Gasteiger partial charge in [-0.1, -0.05) is 147 Å². The Morgan fingerprint density at radius 1 is 0.421 bits per heavy atom. The average Bonchev–Trinajstić information content (AvgIpc) is 2.92. The van der Waals surface area contributed by atoms with Gasteiger partial charge in [0.25, 0.3) is 0 Å². The van der Waals surface area contributed by atoms with Crippen LogP contribution >= 0.6 is 0 Å². The minimum atomic E-state index is 0.260. The Morgan fingerprint density at radius 2 is 0.737 bits per heavy atom. The summed E-state index contributed by atoms with van der Waals surface area (Å²) in [4.78, 5) is 12.0. The first kappa shape index (κ1) is 37.0. The van der Waals surface area contributed by atoms with E-state index < -0.39 is 0 Å². The number of carbonyl (C=O) groups excluding carboxylic acids is 1. The third-order valence-electron chi connectivity index (χ3n) is 7.68. The summed E-state index contributed by atoms with van der Waals surface area (Å²) < 4.78 is 0. The summed E-state index contributed by atoms with van der Waals surface area (Å²) in [6, 6.07) is 0. The smallest absolute Gasteiger partial charge is 0.219 e. The SMILES string of the molecule is CCCCCCCCC=CCCCCCCCCNC(=O)CCCCCCCC=CCCCCCCCC. The molecule has 224 valence electrons. The molecule has 2 nitrogen and oxygen atoms in total. The molecule has 1 amide bonds. The van der Waals surface area contributed by atoms with Crippen LogP contribution in [0.2, 0.25) is 0 Å². The van der Waals surface area contributed by atoms with Gasteiger partial charge in [-0.15, -0.1) is 0 Å². The summed E-state index contributed by atoms with van der Waals surface area (Å²) >= 11 is 0. The molecule has 0 rings (SSSR count). The summed E-state index contributed by atoms with van der Waals surface area (Å²) in [6.07, 6.45) is 45.8. The lowest BCUT2D eigenvalue weighted by Gasteiger charge is -2.05. The van der Waals surface area contributed by atoms with Crippen molar-refractivity contribution in [1.82, 2.24) is 5.32 Å². The monoisotopic (exact) mass is 532 g/mol. The van der Waals surface area contributed by atoms with Crippen LogP contribution in [0.15, 0.2) is 24.3 Å². The van der Waals surface area contributed by atoms with Gasteiger partial charge >= 0.3 is 0 Å². The summed E-state index contributed by atoms with van der Waals surface area (Å²) in [7, 11) is 0. The standard InChI is InChI=1S/C36H69NO/c1-3-5-7-9-11-13-15-17-19-21-23-25-27-29-31-33-35-37-36(38)34-32-30-28-26-24-22-20-18-16-14-12-10-8-6-4-2/h17-20H,3-16,21-35H2,1-2H3,(H,37,38). The molecular formula is C36H69NO. The second kappa shape index (κ2) is 34.0. The number of rotatable bonds is 31.